The Hall–Kier alpha value is -1.93. The van der Waals surface area contributed by atoms with Crippen LogP contribution in [-0.4, -0.2) is 36.2 Å². The van der Waals surface area contributed by atoms with E-state index in [1.54, 1.807) is 24.4 Å². The van der Waals surface area contributed by atoms with Crippen molar-refractivity contribution in [3.8, 4) is 5.88 Å². The highest BCUT2D eigenvalue weighted by atomic mass is 35.5. The molecule has 0 aliphatic rings. The van der Waals surface area contributed by atoms with E-state index in [0.29, 0.717) is 5.69 Å². The zero-order valence-electron chi connectivity index (χ0n) is 11.2. The van der Waals surface area contributed by atoms with E-state index in [9.17, 15) is 8.42 Å². The lowest BCUT2D eigenvalue weighted by molar-refractivity contribution is 0.397. The van der Waals surface area contributed by atoms with Gasteiger partial charge in [0.1, 0.15) is 5.15 Å². The fourth-order valence-corrected chi connectivity index (χ4v) is 2.65. The maximum atomic E-state index is 12.0. The number of halogens is 1. The number of nitrogens with one attached hydrogen (secondary N) is 1. The van der Waals surface area contributed by atoms with Crippen LogP contribution >= 0.6 is 11.6 Å². The smallest absolute Gasteiger partial charge is 0.241 e. The number of ether oxygens (including phenoxy) is 1. The van der Waals surface area contributed by atoms with Crippen molar-refractivity contribution in [1.82, 2.24) is 15.0 Å². The van der Waals surface area contributed by atoms with Gasteiger partial charge >= 0.3 is 0 Å². The number of sulfonamides is 1. The SMILES string of the molecule is COc1cc(Cl)nc(NS(=O)(=O)CCc2ccccn2)n1. The number of methoxy groups -OCH3 is 1. The molecule has 9 heteroatoms. The van der Waals surface area contributed by atoms with Gasteiger partial charge in [-0.1, -0.05) is 17.7 Å². The molecule has 2 rings (SSSR count). The monoisotopic (exact) mass is 328 g/mol. The summed E-state index contributed by atoms with van der Waals surface area (Å²) in [4.78, 5) is 11.7. The summed E-state index contributed by atoms with van der Waals surface area (Å²) in [6, 6.07) is 6.71. The number of nitrogens with zero attached hydrogens (tertiary/aromatic N) is 3. The molecule has 0 aromatic carbocycles. The Bertz CT molecular complexity index is 710. The predicted octanol–water partition coefficient (Wildman–Crippen LogP) is 1.52. The topological polar surface area (TPSA) is 94.1 Å². The molecule has 0 atom stereocenters. The molecule has 0 saturated heterocycles. The Morgan fingerprint density at radius 3 is 2.81 bits per heavy atom. The number of aryl methyl sites for hydroxylation is 1. The number of hydrogen-bond acceptors (Lipinski definition) is 6. The van der Waals surface area contributed by atoms with Gasteiger partial charge in [-0.05, 0) is 12.1 Å². The first-order chi connectivity index (χ1) is 9.98. The van der Waals surface area contributed by atoms with Crippen LogP contribution in [0.4, 0.5) is 5.95 Å². The maximum absolute atomic E-state index is 12.0. The molecular weight excluding hydrogens is 316 g/mol. The number of aromatic nitrogens is 3. The summed E-state index contributed by atoms with van der Waals surface area (Å²) in [7, 11) is -2.20. The first-order valence-electron chi connectivity index (χ1n) is 5.97. The maximum Gasteiger partial charge on any atom is 0.241 e. The van der Waals surface area contributed by atoms with E-state index in [2.05, 4.69) is 19.7 Å². The molecule has 0 radical (unpaired) electrons. The molecule has 0 amide bonds. The summed E-state index contributed by atoms with van der Waals surface area (Å²) in [5.74, 6) is -0.0832. The van der Waals surface area contributed by atoms with Crippen molar-refractivity contribution in [3.63, 3.8) is 0 Å². The quantitative estimate of drug-likeness (QED) is 0.808. The normalized spacial score (nSPS) is 11.1. The van der Waals surface area contributed by atoms with Gasteiger partial charge in [0.2, 0.25) is 21.9 Å². The third kappa shape index (κ3) is 4.83. The Morgan fingerprint density at radius 2 is 2.14 bits per heavy atom. The van der Waals surface area contributed by atoms with Gasteiger partial charge in [-0.25, -0.2) is 13.4 Å². The molecule has 2 heterocycles. The second-order valence-corrected chi connectivity index (χ2v) is 6.28. The standard InChI is InChI=1S/C12H13ClN4O3S/c1-20-11-8-10(13)15-12(16-11)17-21(18,19)7-5-9-4-2-3-6-14-9/h2-4,6,8H,5,7H2,1H3,(H,15,16,17). The van der Waals surface area contributed by atoms with Gasteiger partial charge in [-0.15, -0.1) is 0 Å². The molecule has 21 heavy (non-hydrogen) atoms. The minimum absolute atomic E-state index is 0.0873. The van der Waals surface area contributed by atoms with Gasteiger partial charge in [0.25, 0.3) is 0 Å². The number of anilines is 1. The van der Waals surface area contributed by atoms with Gasteiger partial charge in [0.05, 0.1) is 12.9 Å². The predicted molar refractivity (Wildman–Crippen MR) is 78.9 cm³/mol. The molecule has 0 aliphatic heterocycles. The molecule has 1 N–H and O–H groups in total. The van der Waals surface area contributed by atoms with Crippen molar-refractivity contribution in [2.24, 2.45) is 0 Å². The van der Waals surface area contributed by atoms with Crippen LogP contribution in [0.2, 0.25) is 5.15 Å². The van der Waals surface area contributed by atoms with E-state index in [4.69, 9.17) is 16.3 Å². The third-order valence-corrected chi connectivity index (χ3v) is 3.91. The summed E-state index contributed by atoms with van der Waals surface area (Å²) in [6.45, 7) is 0. The molecular formula is C12H13ClN4O3S. The fraction of sp³-hybridized carbons (Fsp3) is 0.250. The molecule has 112 valence electrons. The van der Waals surface area contributed by atoms with Crippen molar-refractivity contribution in [1.29, 1.82) is 0 Å². The Balaban J connectivity index is 2.05. The van der Waals surface area contributed by atoms with E-state index >= 15 is 0 Å². The molecule has 0 fully saturated rings. The van der Waals surface area contributed by atoms with Crippen LogP contribution in [0.1, 0.15) is 5.69 Å². The molecule has 2 aromatic rings. The number of hydrogen-bond donors (Lipinski definition) is 1. The largest absolute Gasteiger partial charge is 0.481 e. The minimum atomic E-state index is -3.60. The summed E-state index contributed by atoms with van der Waals surface area (Å²) in [5, 5.41) is 0.0873. The first-order valence-corrected chi connectivity index (χ1v) is 8.00. The van der Waals surface area contributed by atoms with E-state index in [1.165, 1.54) is 13.2 Å². The van der Waals surface area contributed by atoms with Crippen LogP contribution in [-0.2, 0) is 16.4 Å². The lowest BCUT2D eigenvalue weighted by Gasteiger charge is -2.07. The summed E-state index contributed by atoms with van der Waals surface area (Å²) < 4.78 is 31.1. The number of pyridine rings is 1. The van der Waals surface area contributed by atoms with Crippen LogP contribution < -0.4 is 9.46 Å². The van der Waals surface area contributed by atoms with Gasteiger partial charge in [0, 0.05) is 24.4 Å². The number of rotatable bonds is 6. The molecule has 2 aromatic heterocycles. The highest BCUT2D eigenvalue weighted by Crippen LogP contribution is 2.16. The molecule has 0 saturated carbocycles. The van der Waals surface area contributed by atoms with Gasteiger partial charge in [-0.2, -0.15) is 4.98 Å². The van der Waals surface area contributed by atoms with Crippen molar-refractivity contribution >= 4 is 27.6 Å². The van der Waals surface area contributed by atoms with Crippen LogP contribution in [0.3, 0.4) is 0 Å². The second-order valence-electron chi connectivity index (χ2n) is 4.05. The van der Waals surface area contributed by atoms with Crippen molar-refractivity contribution < 1.29 is 13.2 Å². The average molecular weight is 329 g/mol. The van der Waals surface area contributed by atoms with Crippen LogP contribution in [0, 0.1) is 0 Å². The fourth-order valence-electron chi connectivity index (χ4n) is 1.52. The van der Waals surface area contributed by atoms with E-state index in [1.807, 2.05) is 0 Å². The van der Waals surface area contributed by atoms with Crippen LogP contribution in [0.5, 0.6) is 5.88 Å². The van der Waals surface area contributed by atoms with Crippen LogP contribution in [0.25, 0.3) is 0 Å². The zero-order valence-corrected chi connectivity index (χ0v) is 12.7. The Kier molecular flexibility index (Phi) is 4.92. The average Bonchev–Trinajstić information content (AvgIpc) is 2.45. The van der Waals surface area contributed by atoms with Crippen molar-refractivity contribution in [2.75, 3.05) is 17.6 Å². The van der Waals surface area contributed by atoms with Crippen molar-refractivity contribution in [3.05, 3.63) is 41.3 Å². The Morgan fingerprint density at radius 1 is 1.33 bits per heavy atom. The van der Waals surface area contributed by atoms with Gasteiger partial charge in [0.15, 0.2) is 0 Å². The zero-order chi connectivity index (χ0) is 15.3. The second kappa shape index (κ2) is 6.68. The van der Waals surface area contributed by atoms with Crippen LogP contribution in [0.15, 0.2) is 30.5 Å². The summed E-state index contributed by atoms with van der Waals surface area (Å²) in [6.07, 6.45) is 1.90. The van der Waals surface area contributed by atoms with E-state index < -0.39 is 10.0 Å². The molecule has 0 unspecified atom stereocenters. The highest BCUT2D eigenvalue weighted by molar-refractivity contribution is 7.92. The van der Waals surface area contributed by atoms with Gasteiger partial charge < -0.3 is 4.74 Å². The first kappa shape index (κ1) is 15.5. The third-order valence-electron chi connectivity index (χ3n) is 2.48. The minimum Gasteiger partial charge on any atom is -0.481 e. The molecule has 0 spiro atoms. The van der Waals surface area contributed by atoms with E-state index in [0.717, 1.165) is 0 Å². The summed E-state index contributed by atoms with van der Waals surface area (Å²) >= 11 is 5.75. The lowest BCUT2D eigenvalue weighted by Crippen LogP contribution is -2.20. The van der Waals surface area contributed by atoms with Crippen molar-refractivity contribution in [2.45, 2.75) is 6.42 Å². The summed E-state index contributed by atoms with van der Waals surface area (Å²) in [5.41, 5.74) is 0.687. The molecule has 0 bridgehead atoms. The van der Waals surface area contributed by atoms with E-state index in [-0.39, 0.29) is 29.2 Å². The van der Waals surface area contributed by atoms with Gasteiger partial charge in [-0.3, -0.25) is 9.71 Å². The molecule has 0 aliphatic carbocycles. The molecule has 7 nitrogen and oxygen atoms in total. The highest BCUT2D eigenvalue weighted by Gasteiger charge is 2.14. The lowest BCUT2D eigenvalue weighted by atomic mass is 10.3. The Labute approximate surface area is 127 Å².